The number of hydrogen-bond acceptors (Lipinski definition) is 4. The summed E-state index contributed by atoms with van der Waals surface area (Å²) in [7, 11) is 0. The summed E-state index contributed by atoms with van der Waals surface area (Å²) >= 11 is 1.75. The van der Waals surface area contributed by atoms with Gasteiger partial charge in [-0.25, -0.2) is 0 Å². The van der Waals surface area contributed by atoms with Crippen LogP contribution >= 0.6 is 11.8 Å². The molecule has 1 aliphatic rings. The molecule has 24 heavy (non-hydrogen) atoms. The Morgan fingerprint density at radius 3 is 2.75 bits per heavy atom. The second kappa shape index (κ2) is 6.95. The van der Waals surface area contributed by atoms with Gasteiger partial charge in [0.2, 0.25) is 0 Å². The van der Waals surface area contributed by atoms with Crippen LogP contribution in [0, 0.1) is 0 Å². The highest BCUT2D eigenvalue weighted by Gasteiger charge is 2.29. The van der Waals surface area contributed by atoms with Crippen molar-refractivity contribution in [2.24, 2.45) is 0 Å². The van der Waals surface area contributed by atoms with Gasteiger partial charge < -0.3 is 9.67 Å². The zero-order valence-corrected chi connectivity index (χ0v) is 14.4. The first kappa shape index (κ1) is 15.7. The SMILES string of the molecule is OCc1nnc(SCCCc2cccc3ccccc23)n1C1CC1. The Hall–Kier alpha value is -1.85. The molecule has 1 saturated carbocycles. The highest BCUT2D eigenvalue weighted by molar-refractivity contribution is 7.99. The molecule has 1 aromatic heterocycles. The topological polar surface area (TPSA) is 50.9 Å². The van der Waals surface area contributed by atoms with Gasteiger partial charge in [0, 0.05) is 11.8 Å². The summed E-state index contributed by atoms with van der Waals surface area (Å²) in [6, 6.07) is 15.6. The van der Waals surface area contributed by atoms with Crippen molar-refractivity contribution in [3.63, 3.8) is 0 Å². The van der Waals surface area contributed by atoms with Gasteiger partial charge in [0.05, 0.1) is 0 Å². The van der Waals surface area contributed by atoms with Crippen molar-refractivity contribution in [3.05, 3.63) is 53.9 Å². The summed E-state index contributed by atoms with van der Waals surface area (Å²) in [6.07, 6.45) is 4.52. The molecule has 5 heteroatoms. The third-order valence-corrected chi connectivity index (χ3v) is 5.52. The van der Waals surface area contributed by atoms with Gasteiger partial charge in [0.1, 0.15) is 6.61 Å². The quantitative estimate of drug-likeness (QED) is 0.522. The molecule has 0 bridgehead atoms. The number of aliphatic hydroxyl groups excluding tert-OH is 1. The zero-order chi connectivity index (χ0) is 16.4. The average molecular weight is 339 g/mol. The molecule has 0 unspecified atom stereocenters. The molecule has 0 aliphatic heterocycles. The van der Waals surface area contributed by atoms with E-state index >= 15 is 0 Å². The number of nitrogens with zero attached hydrogens (tertiary/aromatic N) is 3. The fraction of sp³-hybridized carbons (Fsp3) is 0.368. The van der Waals surface area contributed by atoms with E-state index < -0.39 is 0 Å². The number of aliphatic hydroxyl groups is 1. The van der Waals surface area contributed by atoms with Crippen LogP contribution in [-0.2, 0) is 13.0 Å². The van der Waals surface area contributed by atoms with Crippen LogP contribution in [0.15, 0.2) is 47.6 Å². The minimum absolute atomic E-state index is 0.0277. The summed E-state index contributed by atoms with van der Waals surface area (Å²) in [5, 5.41) is 21.4. The number of benzene rings is 2. The Morgan fingerprint density at radius 1 is 1.08 bits per heavy atom. The molecule has 1 heterocycles. The Labute approximate surface area is 145 Å². The number of thioether (sulfide) groups is 1. The molecule has 2 aromatic carbocycles. The lowest BCUT2D eigenvalue weighted by Crippen LogP contribution is -2.03. The highest BCUT2D eigenvalue weighted by atomic mass is 32.2. The molecule has 0 saturated heterocycles. The van der Waals surface area contributed by atoms with Crippen LogP contribution in [-0.4, -0.2) is 25.6 Å². The first-order valence-corrected chi connectivity index (χ1v) is 9.49. The van der Waals surface area contributed by atoms with Gasteiger partial charge in [-0.1, -0.05) is 54.2 Å². The standard InChI is InChI=1S/C19H21N3OS/c23-13-18-20-21-19(22(18)16-10-11-16)24-12-4-8-15-7-3-6-14-5-1-2-9-17(14)15/h1-3,5-7,9,16,23H,4,8,10-13H2. The van der Waals surface area contributed by atoms with Crippen molar-refractivity contribution in [2.45, 2.75) is 43.5 Å². The van der Waals surface area contributed by atoms with E-state index in [1.165, 1.54) is 29.2 Å². The fourth-order valence-electron chi connectivity index (χ4n) is 3.15. The minimum atomic E-state index is -0.0277. The predicted octanol–water partition coefficient (Wildman–Crippen LogP) is 3.98. The van der Waals surface area contributed by atoms with E-state index in [1.807, 2.05) is 0 Å². The van der Waals surface area contributed by atoms with Gasteiger partial charge in [-0.05, 0) is 42.0 Å². The van der Waals surface area contributed by atoms with Crippen LogP contribution in [0.25, 0.3) is 10.8 Å². The second-order valence-corrected chi connectivity index (χ2v) is 7.31. The summed E-state index contributed by atoms with van der Waals surface area (Å²) in [5.41, 5.74) is 1.41. The van der Waals surface area contributed by atoms with E-state index in [4.69, 9.17) is 0 Å². The molecule has 3 aromatic rings. The molecule has 4 nitrogen and oxygen atoms in total. The lowest BCUT2D eigenvalue weighted by atomic mass is 10.0. The maximum Gasteiger partial charge on any atom is 0.191 e. The molecule has 1 N–H and O–H groups in total. The minimum Gasteiger partial charge on any atom is -0.388 e. The third kappa shape index (κ3) is 3.19. The summed E-state index contributed by atoms with van der Waals surface area (Å²) < 4.78 is 2.13. The number of hydrogen-bond donors (Lipinski definition) is 1. The van der Waals surface area contributed by atoms with Gasteiger partial charge >= 0.3 is 0 Å². The fourth-order valence-corrected chi connectivity index (χ4v) is 4.11. The monoisotopic (exact) mass is 339 g/mol. The first-order chi connectivity index (χ1) is 11.9. The van der Waals surface area contributed by atoms with Gasteiger partial charge in [-0.2, -0.15) is 0 Å². The Balaban J connectivity index is 1.39. The van der Waals surface area contributed by atoms with Gasteiger partial charge in [0.25, 0.3) is 0 Å². The van der Waals surface area contributed by atoms with Gasteiger partial charge in [-0.15, -0.1) is 10.2 Å². The molecule has 1 aliphatic carbocycles. The third-order valence-electron chi connectivity index (χ3n) is 4.49. The van der Waals surface area contributed by atoms with Gasteiger partial charge in [-0.3, -0.25) is 0 Å². The summed E-state index contributed by atoms with van der Waals surface area (Å²) in [4.78, 5) is 0. The van der Waals surface area contributed by atoms with Crippen LogP contribution < -0.4 is 0 Å². The zero-order valence-electron chi connectivity index (χ0n) is 13.6. The lowest BCUT2D eigenvalue weighted by Gasteiger charge is -2.08. The molecule has 0 radical (unpaired) electrons. The van der Waals surface area contributed by atoms with Crippen molar-refractivity contribution in [1.29, 1.82) is 0 Å². The molecule has 124 valence electrons. The maximum atomic E-state index is 9.40. The second-order valence-electron chi connectivity index (χ2n) is 6.25. The molecule has 0 spiro atoms. The first-order valence-electron chi connectivity index (χ1n) is 8.51. The van der Waals surface area contributed by atoms with Crippen LogP contribution in [0.2, 0.25) is 0 Å². The van der Waals surface area contributed by atoms with E-state index in [2.05, 4.69) is 57.2 Å². The smallest absolute Gasteiger partial charge is 0.191 e. The van der Waals surface area contributed by atoms with Crippen LogP contribution in [0.5, 0.6) is 0 Å². The normalized spacial score (nSPS) is 14.4. The number of aromatic nitrogens is 3. The average Bonchev–Trinajstić information content (AvgIpc) is 3.38. The molecule has 0 amide bonds. The molecular weight excluding hydrogens is 318 g/mol. The van der Waals surface area contributed by atoms with Crippen LogP contribution in [0.3, 0.4) is 0 Å². The van der Waals surface area contributed by atoms with Crippen molar-refractivity contribution >= 4 is 22.5 Å². The Morgan fingerprint density at radius 2 is 1.92 bits per heavy atom. The molecular formula is C19H21N3OS. The largest absolute Gasteiger partial charge is 0.388 e. The van der Waals surface area contributed by atoms with E-state index in [-0.39, 0.29) is 6.61 Å². The summed E-state index contributed by atoms with van der Waals surface area (Å²) in [5.74, 6) is 1.72. The van der Waals surface area contributed by atoms with E-state index in [9.17, 15) is 5.11 Å². The van der Waals surface area contributed by atoms with E-state index in [0.717, 1.165) is 23.8 Å². The lowest BCUT2D eigenvalue weighted by molar-refractivity contribution is 0.263. The van der Waals surface area contributed by atoms with Crippen LogP contribution in [0.4, 0.5) is 0 Å². The number of rotatable bonds is 7. The predicted molar refractivity (Wildman–Crippen MR) is 97.2 cm³/mol. The number of fused-ring (bicyclic) bond motifs is 1. The van der Waals surface area contributed by atoms with Crippen molar-refractivity contribution in [1.82, 2.24) is 14.8 Å². The number of aryl methyl sites for hydroxylation is 1. The maximum absolute atomic E-state index is 9.40. The summed E-state index contributed by atoms with van der Waals surface area (Å²) in [6.45, 7) is -0.0277. The molecule has 1 fully saturated rings. The molecule has 4 rings (SSSR count). The van der Waals surface area contributed by atoms with Crippen molar-refractivity contribution in [3.8, 4) is 0 Å². The van der Waals surface area contributed by atoms with Gasteiger partial charge in [0.15, 0.2) is 11.0 Å². The van der Waals surface area contributed by atoms with E-state index in [0.29, 0.717) is 11.9 Å². The van der Waals surface area contributed by atoms with E-state index in [1.54, 1.807) is 11.8 Å². The van der Waals surface area contributed by atoms with Crippen molar-refractivity contribution in [2.75, 3.05) is 5.75 Å². The van der Waals surface area contributed by atoms with Crippen LogP contribution in [0.1, 0.15) is 36.7 Å². The Kier molecular flexibility index (Phi) is 4.54. The highest BCUT2D eigenvalue weighted by Crippen LogP contribution is 2.38. The molecule has 0 atom stereocenters. The Bertz CT molecular complexity index is 836. The van der Waals surface area contributed by atoms with Crippen molar-refractivity contribution < 1.29 is 5.11 Å².